The molecule has 0 unspecified atom stereocenters. The molecule has 0 saturated heterocycles. The molecule has 4 aromatic rings. The Morgan fingerprint density at radius 2 is 1.35 bits per heavy atom. The second-order valence-corrected chi connectivity index (χ2v) is 5.52. The molecule has 4 rings (SSSR count). The van der Waals surface area contributed by atoms with Crippen LogP contribution in [0.2, 0.25) is 0 Å². The Morgan fingerprint density at radius 3 is 1.85 bits per heavy atom. The summed E-state index contributed by atoms with van der Waals surface area (Å²) in [5.74, 6) is 0. The van der Waals surface area contributed by atoms with Crippen LogP contribution in [-0.4, -0.2) is 9.55 Å². The first kappa shape index (κ1) is 11.7. The van der Waals surface area contributed by atoms with Gasteiger partial charge in [0.1, 0.15) is 0 Å². The van der Waals surface area contributed by atoms with E-state index in [-0.39, 0.29) is 0 Å². The summed E-state index contributed by atoms with van der Waals surface area (Å²) in [6.07, 6.45) is 5.65. The molecule has 0 aliphatic heterocycles. The first-order chi connectivity index (χ1) is 9.86. The zero-order chi connectivity index (χ0) is 13.5. The third kappa shape index (κ3) is 1.60. The number of hydrogen-bond donors (Lipinski definition) is 0. The van der Waals surface area contributed by atoms with Crippen molar-refractivity contribution in [3.05, 3.63) is 71.7 Å². The molecule has 0 N–H and O–H groups in total. The summed E-state index contributed by atoms with van der Waals surface area (Å²) in [6, 6.07) is 16.9. The van der Waals surface area contributed by atoms with Gasteiger partial charge in [-0.2, -0.15) is 0 Å². The number of rotatable bonds is 1. The van der Waals surface area contributed by atoms with E-state index in [0.717, 1.165) is 4.47 Å². The van der Waals surface area contributed by atoms with Crippen molar-refractivity contribution < 1.29 is 0 Å². The molecule has 0 saturated carbocycles. The standard InChI is InChI=1S/C17H11BrN2/c18-16-12-5-1-3-7-14(12)17(20-10-9-19-11-20)15-8-4-2-6-13(15)16/h1-11H. The maximum atomic E-state index is 4.19. The van der Waals surface area contributed by atoms with Crippen molar-refractivity contribution in [2.45, 2.75) is 0 Å². The highest BCUT2D eigenvalue weighted by Crippen LogP contribution is 2.37. The van der Waals surface area contributed by atoms with Gasteiger partial charge >= 0.3 is 0 Å². The average molecular weight is 323 g/mol. The monoisotopic (exact) mass is 322 g/mol. The molecule has 2 nitrogen and oxygen atoms in total. The fraction of sp³-hybridized carbons (Fsp3) is 0. The number of benzene rings is 3. The van der Waals surface area contributed by atoms with Gasteiger partial charge in [0.15, 0.2) is 0 Å². The molecule has 0 radical (unpaired) electrons. The van der Waals surface area contributed by atoms with E-state index in [2.05, 4.69) is 74.0 Å². The minimum atomic E-state index is 1.15. The second kappa shape index (κ2) is 4.46. The van der Waals surface area contributed by atoms with Crippen LogP contribution in [0.1, 0.15) is 0 Å². The van der Waals surface area contributed by atoms with E-state index in [1.807, 2.05) is 18.7 Å². The van der Waals surface area contributed by atoms with Crippen LogP contribution in [0.15, 0.2) is 71.7 Å². The lowest BCUT2D eigenvalue weighted by Gasteiger charge is -2.14. The SMILES string of the molecule is Brc1c2ccccc2c(-n2ccnc2)c2ccccc12. The summed E-state index contributed by atoms with van der Waals surface area (Å²) in [4.78, 5) is 4.19. The van der Waals surface area contributed by atoms with Gasteiger partial charge in [-0.1, -0.05) is 48.5 Å². The molecule has 0 atom stereocenters. The smallest absolute Gasteiger partial charge is 0.0992 e. The van der Waals surface area contributed by atoms with Gasteiger partial charge in [-0.05, 0) is 26.7 Å². The van der Waals surface area contributed by atoms with E-state index in [4.69, 9.17) is 0 Å². The number of imidazole rings is 1. The van der Waals surface area contributed by atoms with E-state index in [1.54, 1.807) is 0 Å². The summed E-state index contributed by atoms with van der Waals surface area (Å²) in [6.45, 7) is 0. The molecule has 3 aromatic carbocycles. The summed E-state index contributed by atoms with van der Waals surface area (Å²) in [7, 11) is 0. The zero-order valence-electron chi connectivity index (χ0n) is 10.6. The molecule has 0 bridgehead atoms. The second-order valence-electron chi connectivity index (χ2n) is 4.72. The normalized spacial score (nSPS) is 11.2. The van der Waals surface area contributed by atoms with Crippen LogP contribution in [-0.2, 0) is 0 Å². The summed E-state index contributed by atoms with van der Waals surface area (Å²) in [5, 5.41) is 4.87. The zero-order valence-corrected chi connectivity index (χ0v) is 12.2. The van der Waals surface area contributed by atoms with Crippen LogP contribution in [0.25, 0.3) is 27.2 Å². The molecule has 96 valence electrons. The van der Waals surface area contributed by atoms with Crippen molar-refractivity contribution in [2.75, 3.05) is 0 Å². The van der Waals surface area contributed by atoms with Gasteiger partial charge in [-0.25, -0.2) is 4.98 Å². The van der Waals surface area contributed by atoms with Gasteiger partial charge < -0.3 is 4.57 Å². The predicted molar refractivity (Wildman–Crippen MR) is 86.3 cm³/mol. The lowest BCUT2D eigenvalue weighted by Crippen LogP contribution is -1.94. The summed E-state index contributed by atoms with van der Waals surface area (Å²) >= 11 is 3.75. The Hall–Kier alpha value is -2.13. The third-order valence-electron chi connectivity index (χ3n) is 3.60. The highest BCUT2D eigenvalue weighted by Gasteiger charge is 2.12. The number of nitrogens with zero attached hydrogens (tertiary/aromatic N) is 2. The molecular weight excluding hydrogens is 312 g/mol. The Morgan fingerprint density at radius 1 is 0.800 bits per heavy atom. The molecule has 1 aromatic heterocycles. The Labute approximate surface area is 124 Å². The summed E-state index contributed by atoms with van der Waals surface area (Å²) in [5.41, 5.74) is 1.18. The molecule has 0 spiro atoms. The van der Waals surface area contributed by atoms with Crippen molar-refractivity contribution >= 4 is 37.5 Å². The van der Waals surface area contributed by atoms with Gasteiger partial charge in [0.25, 0.3) is 0 Å². The van der Waals surface area contributed by atoms with E-state index >= 15 is 0 Å². The first-order valence-electron chi connectivity index (χ1n) is 6.43. The predicted octanol–water partition coefficient (Wildman–Crippen LogP) is 4.94. The molecule has 3 heteroatoms. The van der Waals surface area contributed by atoms with E-state index in [1.165, 1.54) is 27.2 Å². The highest BCUT2D eigenvalue weighted by atomic mass is 79.9. The topological polar surface area (TPSA) is 17.8 Å². The maximum Gasteiger partial charge on any atom is 0.0992 e. The van der Waals surface area contributed by atoms with Crippen LogP contribution in [0.3, 0.4) is 0 Å². The van der Waals surface area contributed by atoms with Gasteiger partial charge in [-0.15, -0.1) is 0 Å². The minimum Gasteiger partial charge on any atom is -0.305 e. The molecule has 0 aliphatic rings. The van der Waals surface area contributed by atoms with E-state index < -0.39 is 0 Å². The van der Waals surface area contributed by atoms with Gasteiger partial charge in [0.2, 0.25) is 0 Å². The Kier molecular flexibility index (Phi) is 2.60. The van der Waals surface area contributed by atoms with Crippen LogP contribution in [0, 0.1) is 0 Å². The quantitative estimate of drug-likeness (QED) is 0.454. The molecular formula is C17H11BrN2. The van der Waals surface area contributed by atoms with Crippen LogP contribution >= 0.6 is 15.9 Å². The van der Waals surface area contributed by atoms with Crippen molar-refractivity contribution in [3.8, 4) is 5.69 Å². The number of hydrogen-bond acceptors (Lipinski definition) is 1. The van der Waals surface area contributed by atoms with Crippen molar-refractivity contribution in [1.29, 1.82) is 0 Å². The number of fused-ring (bicyclic) bond motifs is 2. The van der Waals surface area contributed by atoms with Crippen molar-refractivity contribution in [3.63, 3.8) is 0 Å². The molecule has 0 amide bonds. The Bertz CT molecular complexity index is 854. The average Bonchev–Trinajstić information content (AvgIpc) is 3.02. The van der Waals surface area contributed by atoms with Gasteiger partial charge in [0, 0.05) is 27.6 Å². The highest BCUT2D eigenvalue weighted by molar-refractivity contribution is 9.10. The fourth-order valence-electron chi connectivity index (χ4n) is 2.72. The van der Waals surface area contributed by atoms with E-state index in [0.29, 0.717) is 0 Å². The number of aromatic nitrogens is 2. The molecule has 0 aliphatic carbocycles. The lowest BCUT2D eigenvalue weighted by molar-refractivity contribution is 1.08. The molecule has 1 heterocycles. The minimum absolute atomic E-state index is 1.15. The summed E-state index contributed by atoms with van der Waals surface area (Å²) < 4.78 is 3.23. The van der Waals surface area contributed by atoms with Crippen LogP contribution in [0.4, 0.5) is 0 Å². The van der Waals surface area contributed by atoms with Crippen molar-refractivity contribution in [2.24, 2.45) is 0 Å². The first-order valence-corrected chi connectivity index (χ1v) is 7.23. The fourth-order valence-corrected chi connectivity index (χ4v) is 3.41. The Balaban J connectivity index is 2.31. The van der Waals surface area contributed by atoms with Gasteiger partial charge in [0.05, 0.1) is 12.0 Å². The van der Waals surface area contributed by atoms with Crippen LogP contribution < -0.4 is 0 Å². The van der Waals surface area contributed by atoms with Crippen LogP contribution in [0.5, 0.6) is 0 Å². The lowest BCUT2D eigenvalue weighted by atomic mass is 10.0. The number of halogens is 1. The van der Waals surface area contributed by atoms with Gasteiger partial charge in [-0.3, -0.25) is 0 Å². The molecule has 20 heavy (non-hydrogen) atoms. The molecule has 0 fully saturated rings. The van der Waals surface area contributed by atoms with E-state index in [9.17, 15) is 0 Å². The maximum absolute atomic E-state index is 4.19. The van der Waals surface area contributed by atoms with Crippen molar-refractivity contribution in [1.82, 2.24) is 9.55 Å². The largest absolute Gasteiger partial charge is 0.305 e. The third-order valence-corrected chi connectivity index (χ3v) is 4.45.